The van der Waals surface area contributed by atoms with Crippen LogP contribution in [0.3, 0.4) is 0 Å². The van der Waals surface area contributed by atoms with E-state index in [0.29, 0.717) is 5.02 Å². The monoisotopic (exact) mass is 363 g/mol. The van der Waals surface area contributed by atoms with Gasteiger partial charge >= 0.3 is 0 Å². The zero-order valence-corrected chi connectivity index (χ0v) is 13.8. The Morgan fingerprint density at radius 1 is 1.28 bits per heavy atom. The lowest BCUT2D eigenvalue weighted by Gasteiger charge is -2.16. The van der Waals surface area contributed by atoms with Crippen molar-refractivity contribution < 1.29 is 19.2 Å². The normalized spacial score (nSPS) is 11.4. The highest BCUT2D eigenvalue weighted by Crippen LogP contribution is 2.24. The van der Waals surface area contributed by atoms with Gasteiger partial charge in [0.2, 0.25) is 0 Å². The molecular weight excluding hydrogens is 350 g/mol. The zero-order valence-electron chi connectivity index (χ0n) is 13.1. The van der Waals surface area contributed by atoms with Gasteiger partial charge in [-0.15, -0.1) is 0 Å². The number of nitro groups is 1. The molecule has 2 rings (SSSR count). The van der Waals surface area contributed by atoms with Gasteiger partial charge < -0.3 is 15.8 Å². The summed E-state index contributed by atoms with van der Waals surface area (Å²) in [5, 5.41) is 13.6. The molecule has 0 aromatic heterocycles. The SMILES string of the molecule is CC(Oc1ccc(Cl)cc1C(N)=O)C(=O)Nc1cccc([N+](=O)[O-])c1. The summed E-state index contributed by atoms with van der Waals surface area (Å²) in [7, 11) is 0. The van der Waals surface area contributed by atoms with Crippen molar-refractivity contribution in [1.29, 1.82) is 0 Å². The first kappa shape index (κ1) is 18.2. The summed E-state index contributed by atoms with van der Waals surface area (Å²) >= 11 is 5.81. The molecule has 9 heteroatoms. The fraction of sp³-hybridized carbons (Fsp3) is 0.125. The maximum atomic E-state index is 12.2. The second kappa shape index (κ2) is 7.63. The Morgan fingerprint density at radius 2 is 2.00 bits per heavy atom. The average Bonchev–Trinajstić information content (AvgIpc) is 2.56. The molecule has 0 aliphatic rings. The number of ether oxygens (including phenoxy) is 1. The first-order valence-corrected chi connectivity index (χ1v) is 7.47. The number of hydrogen-bond acceptors (Lipinski definition) is 5. The molecule has 8 nitrogen and oxygen atoms in total. The first-order chi connectivity index (χ1) is 11.8. The third kappa shape index (κ3) is 4.67. The number of halogens is 1. The fourth-order valence-electron chi connectivity index (χ4n) is 1.98. The molecule has 2 aromatic rings. The van der Waals surface area contributed by atoms with Crippen LogP contribution >= 0.6 is 11.6 Å². The van der Waals surface area contributed by atoms with E-state index in [0.717, 1.165) is 0 Å². The van der Waals surface area contributed by atoms with Crippen molar-refractivity contribution in [3.63, 3.8) is 0 Å². The van der Waals surface area contributed by atoms with E-state index in [-0.39, 0.29) is 22.7 Å². The van der Waals surface area contributed by atoms with E-state index < -0.39 is 22.8 Å². The van der Waals surface area contributed by atoms with E-state index in [1.54, 1.807) is 0 Å². The number of benzene rings is 2. The molecule has 130 valence electrons. The lowest BCUT2D eigenvalue weighted by atomic mass is 10.2. The minimum atomic E-state index is -0.987. The molecule has 1 unspecified atom stereocenters. The Balaban J connectivity index is 2.12. The van der Waals surface area contributed by atoms with E-state index in [1.807, 2.05) is 0 Å². The van der Waals surface area contributed by atoms with Gasteiger partial charge in [-0.3, -0.25) is 19.7 Å². The summed E-state index contributed by atoms with van der Waals surface area (Å²) in [5.74, 6) is -1.19. The Bertz CT molecular complexity index is 840. The number of primary amides is 1. The molecule has 0 saturated carbocycles. The van der Waals surface area contributed by atoms with Gasteiger partial charge in [0, 0.05) is 22.8 Å². The maximum Gasteiger partial charge on any atom is 0.271 e. The smallest absolute Gasteiger partial charge is 0.271 e. The van der Waals surface area contributed by atoms with Gasteiger partial charge in [0.1, 0.15) is 5.75 Å². The quantitative estimate of drug-likeness (QED) is 0.603. The molecule has 0 fully saturated rings. The Hall–Kier alpha value is -3.13. The van der Waals surface area contributed by atoms with E-state index in [1.165, 1.54) is 49.4 Å². The Morgan fingerprint density at radius 3 is 2.64 bits per heavy atom. The van der Waals surface area contributed by atoms with Crippen LogP contribution in [-0.4, -0.2) is 22.8 Å². The number of carbonyl (C=O) groups excluding carboxylic acids is 2. The molecular formula is C16H14ClN3O5. The van der Waals surface area contributed by atoms with Gasteiger partial charge in [-0.25, -0.2) is 0 Å². The molecule has 0 bridgehead atoms. The number of anilines is 1. The predicted molar refractivity (Wildman–Crippen MR) is 91.8 cm³/mol. The van der Waals surface area contributed by atoms with E-state index in [9.17, 15) is 19.7 Å². The third-order valence-corrected chi connectivity index (χ3v) is 3.44. The minimum Gasteiger partial charge on any atom is -0.480 e. The zero-order chi connectivity index (χ0) is 18.6. The van der Waals surface area contributed by atoms with Gasteiger partial charge in [-0.2, -0.15) is 0 Å². The molecule has 0 aliphatic carbocycles. The highest BCUT2D eigenvalue weighted by atomic mass is 35.5. The molecule has 0 aliphatic heterocycles. The summed E-state index contributed by atoms with van der Waals surface area (Å²) in [4.78, 5) is 33.8. The van der Waals surface area contributed by atoms with Crippen LogP contribution in [0, 0.1) is 10.1 Å². The van der Waals surface area contributed by atoms with Crippen molar-refractivity contribution in [2.24, 2.45) is 5.73 Å². The Labute approximate surface area is 147 Å². The van der Waals surface area contributed by atoms with E-state index in [4.69, 9.17) is 22.1 Å². The number of rotatable bonds is 6. The third-order valence-electron chi connectivity index (χ3n) is 3.20. The molecule has 2 amide bonds. The summed E-state index contributed by atoms with van der Waals surface area (Å²) in [5.41, 5.74) is 5.40. The number of nitrogens with one attached hydrogen (secondary N) is 1. The molecule has 1 atom stereocenters. The van der Waals surface area contributed by atoms with Crippen molar-refractivity contribution in [2.45, 2.75) is 13.0 Å². The van der Waals surface area contributed by atoms with Gasteiger partial charge in [-0.05, 0) is 31.2 Å². The van der Waals surface area contributed by atoms with Crippen LogP contribution < -0.4 is 15.8 Å². The van der Waals surface area contributed by atoms with E-state index >= 15 is 0 Å². The van der Waals surface area contributed by atoms with Crippen molar-refractivity contribution in [2.75, 3.05) is 5.32 Å². The summed E-state index contributed by atoms with van der Waals surface area (Å²) in [6.45, 7) is 1.46. The molecule has 0 heterocycles. The van der Waals surface area contributed by atoms with Crippen LogP contribution in [0.25, 0.3) is 0 Å². The number of hydrogen-bond donors (Lipinski definition) is 2. The average molecular weight is 364 g/mol. The maximum absolute atomic E-state index is 12.2. The summed E-state index contributed by atoms with van der Waals surface area (Å²) in [6.07, 6.45) is -0.987. The standard InChI is InChI=1S/C16H14ClN3O5/c1-9(25-14-6-5-10(17)7-13(14)15(18)21)16(22)19-11-3-2-4-12(8-11)20(23)24/h2-9H,1H3,(H2,18,21)(H,19,22). The molecule has 0 saturated heterocycles. The second-order valence-electron chi connectivity index (χ2n) is 5.06. The van der Waals surface area contributed by atoms with Gasteiger partial charge in [0.15, 0.2) is 6.10 Å². The van der Waals surface area contributed by atoms with Crippen LogP contribution in [0.1, 0.15) is 17.3 Å². The highest BCUT2D eigenvalue weighted by molar-refractivity contribution is 6.31. The largest absolute Gasteiger partial charge is 0.480 e. The highest BCUT2D eigenvalue weighted by Gasteiger charge is 2.19. The number of nitrogens with zero attached hydrogens (tertiary/aromatic N) is 1. The topological polar surface area (TPSA) is 125 Å². The fourth-order valence-corrected chi connectivity index (χ4v) is 2.15. The van der Waals surface area contributed by atoms with Gasteiger partial charge in [0.25, 0.3) is 17.5 Å². The molecule has 2 aromatic carbocycles. The molecule has 0 spiro atoms. The summed E-state index contributed by atoms with van der Waals surface area (Å²) in [6, 6.07) is 9.75. The predicted octanol–water partition coefficient (Wildman–Crippen LogP) is 2.75. The van der Waals surface area contributed by atoms with Gasteiger partial charge in [0.05, 0.1) is 10.5 Å². The van der Waals surface area contributed by atoms with Crippen molar-refractivity contribution >= 4 is 34.8 Å². The number of amides is 2. The lowest BCUT2D eigenvalue weighted by Crippen LogP contribution is -2.31. The Kier molecular flexibility index (Phi) is 5.56. The van der Waals surface area contributed by atoms with Crippen LogP contribution in [0.2, 0.25) is 5.02 Å². The van der Waals surface area contributed by atoms with E-state index in [2.05, 4.69) is 5.32 Å². The van der Waals surface area contributed by atoms with Gasteiger partial charge in [-0.1, -0.05) is 17.7 Å². The first-order valence-electron chi connectivity index (χ1n) is 7.09. The number of nitrogens with two attached hydrogens (primary N) is 1. The molecule has 0 radical (unpaired) electrons. The molecule has 25 heavy (non-hydrogen) atoms. The van der Waals surface area contributed by atoms with Crippen LogP contribution in [0.15, 0.2) is 42.5 Å². The van der Waals surface area contributed by atoms with Crippen LogP contribution in [0.4, 0.5) is 11.4 Å². The van der Waals surface area contributed by atoms with Crippen molar-refractivity contribution in [3.8, 4) is 5.75 Å². The van der Waals surface area contributed by atoms with Crippen molar-refractivity contribution in [1.82, 2.24) is 0 Å². The number of non-ortho nitro benzene ring substituents is 1. The van der Waals surface area contributed by atoms with Crippen molar-refractivity contribution in [3.05, 3.63) is 63.2 Å². The second-order valence-corrected chi connectivity index (χ2v) is 5.50. The van der Waals surface area contributed by atoms with Crippen LogP contribution in [0.5, 0.6) is 5.75 Å². The lowest BCUT2D eigenvalue weighted by molar-refractivity contribution is -0.384. The van der Waals surface area contributed by atoms with Crippen LogP contribution in [-0.2, 0) is 4.79 Å². The number of carbonyl (C=O) groups is 2. The number of nitro benzene ring substituents is 1. The molecule has 3 N–H and O–H groups in total. The minimum absolute atomic E-state index is 0.0440. The summed E-state index contributed by atoms with van der Waals surface area (Å²) < 4.78 is 5.47.